The van der Waals surface area contributed by atoms with Gasteiger partial charge in [0.2, 0.25) is 5.95 Å². The Hall–Kier alpha value is -1.84. The fourth-order valence-corrected chi connectivity index (χ4v) is 2.93. The van der Waals surface area contributed by atoms with Crippen molar-refractivity contribution in [3.63, 3.8) is 0 Å². The summed E-state index contributed by atoms with van der Waals surface area (Å²) >= 11 is 0. The van der Waals surface area contributed by atoms with Crippen LogP contribution in [0.2, 0.25) is 0 Å². The van der Waals surface area contributed by atoms with E-state index in [4.69, 9.17) is 0 Å². The van der Waals surface area contributed by atoms with Crippen LogP contribution in [0.15, 0.2) is 30.3 Å². The maximum atomic E-state index is 4.51. The van der Waals surface area contributed by atoms with E-state index in [1.807, 2.05) is 30.3 Å². The molecule has 1 fully saturated rings. The summed E-state index contributed by atoms with van der Waals surface area (Å²) in [6.45, 7) is 0. The average molecular weight is 270 g/mol. The van der Waals surface area contributed by atoms with Crippen LogP contribution >= 0.6 is 0 Å². The molecule has 0 bridgehead atoms. The molecule has 2 N–H and O–H groups in total. The quantitative estimate of drug-likeness (QED) is 0.861. The largest absolute Gasteiger partial charge is 0.323 e. The summed E-state index contributed by atoms with van der Waals surface area (Å²) in [6, 6.07) is 10.0. The van der Waals surface area contributed by atoms with Crippen molar-refractivity contribution < 1.29 is 0 Å². The topological polar surface area (TPSA) is 53.6 Å². The fourth-order valence-electron chi connectivity index (χ4n) is 2.93. The summed E-state index contributed by atoms with van der Waals surface area (Å²) in [5.74, 6) is 2.54. The number of rotatable bonds is 5. The first-order valence-electron chi connectivity index (χ1n) is 7.63. The Labute approximate surface area is 120 Å². The summed E-state index contributed by atoms with van der Waals surface area (Å²) in [7, 11) is 0. The van der Waals surface area contributed by atoms with E-state index in [-0.39, 0.29) is 0 Å². The van der Waals surface area contributed by atoms with Gasteiger partial charge in [-0.15, -0.1) is 5.10 Å². The van der Waals surface area contributed by atoms with Crippen LogP contribution in [0.25, 0.3) is 0 Å². The Morgan fingerprint density at radius 1 is 1.10 bits per heavy atom. The highest BCUT2D eigenvalue weighted by molar-refractivity contribution is 5.52. The third-order valence-corrected chi connectivity index (χ3v) is 4.08. The van der Waals surface area contributed by atoms with E-state index >= 15 is 0 Å². The van der Waals surface area contributed by atoms with Crippen LogP contribution in [-0.2, 0) is 6.42 Å². The van der Waals surface area contributed by atoms with Gasteiger partial charge in [0.1, 0.15) is 5.82 Å². The Balaban J connectivity index is 1.51. The van der Waals surface area contributed by atoms with E-state index in [1.54, 1.807) is 0 Å². The average Bonchev–Trinajstić information content (AvgIpc) is 2.95. The first kappa shape index (κ1) is 13.2. The van der Waals surface area contributed by atoms with Crippen molar-refractivity contribution in [3.05, 3.63) is 36.2 Å². The second-order valence-electron chi connectivity index (χ2n) is 5.64. The molecule has 3 rings (SSSR count). The SMILES string of the molecule is c1ccc(Nc2n[nH]c(CCC3CCCCC3)n2)cc1. The summed E-state index contributed by atoms with van der Waals surface area (Å²) < 4.78 is 0. The van der Waals surface area contributed by atoms with Gasteiger partial charge in [-0.05, 0) is 24.5 Å². The van der Waals surface area contributed by atoms with Crippen LogP contribution in [0.3, 0.4) is 0 Å². The van der Waals surface area contributed by atoms with Gasteiger partial charge in [-0.1, -0.05) is 50.3 Å². The van der Waals surface area contributed by atoms with Crippen molar-refractivity contribution in [1.82, 2.24) is 15.2 Å². The second kappa shape index (κ2) is 6.55. The molecule has 1 heterocycles. The summed E-state index contributed by atoms with van der Waals surface area (Å²) in [4.78, 5) is 4.51. The number of benzene rings is 1. The van der Waals surface area contributed by atoms with Crippen LogP contribution in [0.1, 0.15) is 44.3 Å². The fraction of sp³-hybridized carbons (Fsp3) is 0.500. The van der Waals surface area contributed by atoms with E-state index in [0.717, 1.165) is 23.9 Å². The van der Waals surface area contributed by atoms with Crippen LogP contribution < -0.4 is 5.32 Å². The number of hydrogen-bond acceptors (Lipinski definition) is 3. The van der Waals surface area contributed by atoms with E-state index < -0.39 is 0 Å². The van der Waals surface area contributed by atoms with Gasteiger partial charge in [0, 0.05) is 12.1 Å². The van der Waals surface area contributed by atoms with E-state index in [9.17, 15) is 0 Å². The minimum Gasteiger partial charge on any atom is -0.323 e. The molecule has 1 aliphatic carbocycles. The molecule has 1 aromatic carbocycles. The number of aromatic nitrogens is 3. The molecule has 0 atom stereocenters. The number of para-hydroxylation sites is 1. The zero-order valence-corrected chi connectivity index (χ0v) is 11.8. The third kappa shape index (κ3) is 3.59. The molecule has 4 nitrogen and oxygen atoms in total. The van der Waals surface area contributed by atoms with Crippen molar-refractivity contribution in [2.24, 2.45) is 5.92 Å². The molecule has 0 amide bonds. The Morgan fingerprint density at radius 2 is 1.90 bits per heavy atom. The van der Waals surface area contributed by atoms with Gasteiger partial charge >= 0.3 is 0 Å². The van der Waals surface area contributed by atoms with Crippen LogP contribution in [0.4, 0.5) is 11.6 Å². The van der Waals surface area contributed by atoms with Crippen LogP contribution in [0.5, 0.6) is 0 Å². The maximum absolute atomic E-state index is 4.51. The maximum Gasteiger partial charge on any atom is 0.246 e. The molecule has 0 spiro atoms. The molecule has 1 aromatic heterocycles. The lowest BCUT2D eigenvalue weighted by atomic mass is 9.86. The van der Waals surface area contributed by atoms with E-state index in [1.165, 1.54) is 38.5 Å². The summed E-state index contributed by atoms with van der Waals surface area (Å²) in [6.07, 6.45) is 9.26. The number of H-pyrrole nitrogens is 1. The summed E-state index contributed by atoms with van der Waals surface area (Å²) in [5, 5.41) is 10.5. The molecule has 2 aromatic rings. The van der Waals surface area contributed by atoms with E-state index in [0.29, 0.717) is 5.95 Å². The molecule has 0 saturated heterocycles. The zero-order chi connectivity index (χ0) is 13.6. The first-order valence-corrected chi connectivity index (χ1v) is 7.63. The summed E-state index contributed by atoms with van der Waals surface area (Å²) in [5.41, 5.74) is 1.02. The molecular weight excluding hydrogens is 248 g/mol. The number of nitrogens with zero attached hydrogens (tertiary/aromatic N) is 2. The van der Waals surface area contributed by atoms with Gasteiger partial charge in [0.15, 0.2) is 0 Å². The van der Waals surface area contributed by atoms with Crippen molar-refractivity contribution in [1.29, 1.82) is 0 Å². The number of aromatic amines is 1. The van der Waals surface area contributed by atoms with Crippen molar-refractivity contribution in [3.8, 4) is 0 Å². The Morgan fingerprint density at radius 3 is 2.70 bits per heavy atom. The lowest BCUT2D eigenvalue weighted by Crippen LogP contribution is -2.07. The van der Waals surface area contributed by atoms with Gasteiger partial charge in [0.25, 0.3) is 0 Å². The third-order valence-electron chi connectivity index (χ3n) is 4.08. The van der Waals surface area contributed by atoms with Crippen molar-refractivity contribution in [2.75, 3.05) is 5.32 Å². The highest BCUT2D eigenvalue weighted by Crippen LogP contribution is 2.27. The number of anilines is 2. The van der Waals surface area contributed by atoms with Crippen LogP contribution in [-0.4, -0.2) is 15.2 Å². The standard InChI is InChI=1S/C16H22N4/c1-3-7-13(8-4-1)11-12-15-18-16(20-19-15)17-14-9-5-2-6-10-14/h2,5-6,9-10,13H,1,3-4,7-8,11-12H2,(H2,17,18,19,20). The Kier molecular flexibility index (Phi) is 4.31. The zero-order valence-electron chi connectivity index (χ0n) is 11.8. The minimum absolute atomic E-state index is 0.662. The lowest BCUT2D eigenvalue weighted by molar-refractivity contribution is 0.337. The molecule has 0 unspecified atom stereocenters. The normalized spacial score (nSPS) is 16.2. The smallest absolute Gasteiger partial charge is 0.246 e. The predicted molar refractivity (Wildman–Crippen MR) is 81.0 cm³/mol. The first-order chi connectivity index (χ1) is 9.90. The monoisotopic (exact) mass is 270 g/mol. The molecular formula is C16H22N4. The highest BCUT2D eigenvalue weighted by Gasteiger charge is 2.14. The second-order valence-corrected chi connectivity index (χ2v) is 5.64. The van der Waals surface area contributed by atoms with Gasteiger partial charge in [-0.2, -0.15) is 4.98 Å². The van der Waals surface area contributed by atoms with E-state index in [2.05, 4.69) is 20.5 Å². The molecule has 0 aliphatic heterocycles. The molecule has 1 saturated carbocycles. The number of nitrogens with one attached hydrogen (secondary N) is 2. The van der Waals surface area contributed by atoms with Gasteiger partial charge < -0.3 is 5.32 Å². The van der Waals surface area contributed by atoms with Gasteiger partial charge in [-0.25, -0.2) is 0 Å². The van der Waals surface area contributed by atoms with Crippen molar-refractivity contribution in [2.45, 2.75) is 44.9 Å². The molecule has 4 heteroatoms. The molecule has 0 radical (unpaired) electrons. The molecule has 1 aliphatic rings. The van der Waals surface area contributed by atoms with Gasteiger partial charge in [-0.3, -0.25) is 5.10 Å². The molecule has 106 valence electrons. The van der Waals surface area contributed by atoms with Crippen molar-refractivity contribution >= 4 is 11.6 Å². The number of aryl methyl sites for hydroxylation is 1. The Bertz CT molecular complexity index is 514. The predicted octanol–water partition coefficient (Wildman–Crippen LogP) is 4.06. The van der Waals surface area contributed by atoms with Gasteiger partial charge in [0.05, 0.1) is 0 Å². The minimum atomic E-state index is 0.662. The highest BCUT2D eigenvalue weighted by atomic mass is 15.3. The lowest BCUT2D eigenvalue weighted by Gasteiger charge is -2.20. The molecule has 20 heavy (non-hydrogen) atoms. The number of hydrogen-bond donors (Lipinski definition) is 2. The van der Waals surface area contributed by atoms with Crippen LogP contribution in [0, 0.1) is 5.92 Å².